The van der Waals surface area contributed by atoms with Crippen molar-refractivity contribution in [1.29, 1.82) is 0 Å². The van der Waals surface area contributed by atoms with Crippen LogP contribution in [-0.2, 0) is 12.8 Å². The van der Waals surface area contributed by atoms with Crippen LogP contribution in [0.5, 0.6) is 11.5 Å². The van der Waals surface area contributed by atoms with Gasteiger partial charge >= 0.3 is 0 Å². The third-order valence-corrected chi connectivity index (χ3v) is 4.40. The first kappa shape index (κ1) is 17.7. The molecule has 0 unspecified atom stereocenters. The summed E-state index contributed by atoms with van der Waals surface area (Å²) in [6, 6.07) is 9.35. The number of hydrogen-bond acceptors (Lipinski definition) is 2. The average molecular weight is 333 g/mol. The molecule has 0 saturated heterocycles. The molecule has 0 spiro atoms. The molecule has 0 aromatic heterocycles. The summed E-state index contributed by atoms with van der Waals surface area (Å²) in [5.41, 5.74) is 3.51. The third kappa shape index (κ3) is 4.42. The van der Waals surface area contributed by atoms with E-state index in [4.69, 9.17) is 11.6 Å². The Hall–Kier alpha value is -1.67. The molecule has 0 atom stereocenters. The lowest BCUT2D eigenvalue weighted by molar-refractivity contribution is 0.469. The minimum atomic E-state index is 0.0369. The highest BCUT2D eigenvalue weighted by atomic mass is 35.5. The van der Waals surface area contributed by atoms with Crippen LogP contribution in [0.15, 0.2) is 30.3 Å². The van der Waals surface area contributed by atoms with Gasteiger partial charge in [-0.3, -0.25) is 0 Å². The number of phenolic OH excluding ortho intramolecular Hbond substituents is 2. The van der Waals surface area contributed by atoms with Crippen molar-refractivity contribution >= 4 is 11.6 Å². The molecule has 0 aliphatic rings. The minimum Gasteiger partial charge on any atom is -0.507 e. The molecule has 23 heavy (non-hydrogen) atoms. The Kier molecular flexibility index (Phi) is 6.35. The molecule has 0 saturated carbocycles. The number of benzene rings is 2. The average Bonchev–Trinajstić information content (AvgIpc) is 2.55. The van der Waals surface area contributed by atoms with Crippen molar-refractivity contribution in [2.75, 3.05) is 0 Å². The molecule has 0 heterocycles. The van der Waals surface area contributed by atoms with Crippen LogP contribution in [0.25, 0.3) is 11.1 Å². The van der Waals surface area contributed by atoms with Gasteiger partial charge in [0.05, 0.1) is 5.02 Å². The van der Waals surface area contributed by atoms with Crippen molar-refractivity contribution < 1.29 is 10.2 Å². The summed E-state index contributed by atoms with van der Waals surface area (Å²) >= 11 is 6.19. The summed E-state index contributed by atoms with van der Waals surface area (Å²) in [5, 5.41) is 20.9. The minimum absolute atomic E-state index is 0.0369. The van der Waals surface area contributed by atoms with Crippen LogP contribution in [0.2, 0.25) is 5.02 Å². The van der Waals surface area contributed by atoms with E-state index in [0.29, 0.717) is 16.1 Å². The lowest BCUT2D eigenvalue weighted by Crippen LogP contribution is -1.91. The molecule has 2 rings (SSSR count). The van der Waals surface area contributed by atoms with E-state index in [1.807, 2.05) is 24.3 Å². The van der Waals surface area contributed by atoms with E-state index in [-0.39, 0.29) is 11.5 Å². The van der Waals surface area contributed by atoms with E-state index in [2.05, 4.69) is 13.8 Å². The van der Waals surface area contributed by atoms with Crippen LogP contribution in [0.4, 0.5) is 0 Å². The van der Waals surface area contributed by atoms with Crippen molar-refractivity contribution in [3.8, 4) is 22.6 Å². The van der Waals surface area contributed by atoms with E-state index in [1.165, 1.54) is 0 Å². The van der Waals surface area contributed by atoms with Gasteiger partial charge in [0, 0.05) is 11.1 Å². The summed E-state index contributed by atoms with van der Waals surface area (Å²) in [6.45, 7) is 4.30. The van der Waals surface area contributed by atoms with Gasteiger partial charge in [-0.1, -0.05) is 44.4 Å². The van der Waals surface area contributed by atoms with E-state index in [1.54, 1.807) is 6.07 Å². The molecule has 0 bridgehead atoms. The van der Waals surface area contributed by atoms with Crippen LogP contribution in [-0.4, -0.2) is 10.2 Å². The quantitative estimate of drug-likeness (QED) is 0.642. The van der Waals surface area contributed by atoms with Gasteiger partial charge < -0.3 is 10.2 Å². The van der Waals surface area contributed by atoms with Gasteiger partial charge in [0.1, 0.15) is 11.5 Å². The zero-order chi connectivity index (χ0) is 16.8. The number of rotatable bonds is 7. The highest BCUT2D eigenvalue weighted by Crippen LogP contribution is 2.41. The Morgan fingerprint density at radius 3 is 2.09 bits per heavy atom. The maximum Gasteiger partial charge on any atom is 0.142 e. The fourth-order valence-corrected chi connectivity index (χ4v) is 2.96. The summed E-state index contributed by atoms with van der Waals surface area (Å²) in [4.78, 5) is 0. The van der Waals surface area contributed by atoms with Crippen LogP contribution in [0.1, 0.15) is 50.7 Å². The summed E-state index contributed by atoms with van der Waals surface area (Å²) < 4.78 is 0. The van der Waals surface area contributed by atoms with Crippen LogP contribution >= 0.6 is 11.6 Å². The predicted molar refractivity (Wildman–Crippen MR) is 97.4 cm³/mol. The number of phenols is 2. The van der Waals surface area contributed by atoms with Gasteiger partial charge in [-0.15, -0.1) is 0 Å². The number of unbranched alkanes of at least 4 members (excludes halogenated alkanes) is 2. The van der Waals surface area contributed by atoms with Crippen LogP contribution < -0.4 is 0 Å². The standard InChI is InChI=1S/C20H25ClO2/c1-3-5-7-14-9-10-19(22)16(11-14)17-12-15(8-6-4-2)13-18(21)20(17)23/h9-13,22-23H,3-8H2,1-2H3. The Bertz CT molecular complexity index is 665. The number of aromatic hydroxyl groups is 2. The molecule has 0 amide bonds. The van der Waals surface area contributed by atoms with Crippen molar-refractivity contribution in [3.63, 3.8) is 0 Å². The number of halogens is 1. The third-order valence-electron chi connectivity index (χ3n) is 4.11. The summed E-state index contributed by atoms with van der Waals surface area (Å²) in [5.74, 6) is 0.208. The highest BCUT2D eigenvalue weighted by Gasteiger charge is 2.14. The largest absolute Gasteiger partial charge is 0.507 e. The van der Waals surface area contributed by atoms with Gasteiger partial charge in [0.25, 0.3) is 0 Å². The number of hydrogen-bond donors (Lipinski definition) is 2. The van der Waals surface area contributed by atoms with Gasteiger partial charge in [0.15, 0.2) is 0 Å². The molecule has 0 fully saturated rings. The molecule has 2 aromatic carbocycles. The van der Waals surface area contributed by atoms with E-state index in [0.717, 1.165) is 49.7 Å². The first-order valence-corrected chi connectivity index (χ1v) is 8.78. The van der Waals surface area contributed by atoms with Crippen molar-refractivity contribution in [2.24, 2.45) is 0 Å². The number of aryl methyl sites for hydroxylation is 2. The van der Waals surface area contributed by atoms with Gasteiger partial charge in [0.2, 0.25) is 0 Å². The monoisotopic (exact) mass is 332 g/mol. The van der Waals surface area contributed by atoms with Crippen molar-refractivity contribution in [1.82, 2.24) is 0 Å². The van der Waals surface area contributed by atoms with Gasteiger partial charge in [-0.25, -0.2) is 0 Å². The van der Waals surface area contributed by atoms with E-state index >= 15 is 0 Å². The maximum atomic E-state index is 10.3. The Morgan fingerprint density at radius 2 is 1.43 bits per heavy atom. The van der Waals surface area contributed by atoms with Crippen LogP contribution in [0.3, 0.4) is 0 Å². The fourth-order valence-electron chi connectivity index (χ4n) is 2.72. The van der Waals surface area contributed by atoms with Gasteiger partial charge in [-0.2, -0.15) is 0 Å². The van der Waals surface area contributed by atoms with E-state index in [9.17, 15) is 10.2 Å². The fraction of sp³-hybridized carbons (Fsp3) is 0.400. The van der Waals surface area contributed by atoms with Crippen LogP contribution in [0, 0.1) is 0 Å². The zero-order valence-corrected chi connectivity index (χ0v) is 14.7. The first-order valence-electron chi connectivity index (χ1n) is 8.40. The second kappa shape index (κ2) is 8.26. The lowest BCUT2D eigenvalue weighted by Gasteiger charge is -2.13. The first-order chi connectivity index (χ1) is 11.1. The molecule has 2 N–H and O–H groups in total. The molecule has 2 aromatic rings. The highest BCUT2D eigenvalue weighted by molar-refractivity contribution is 6.32. The molecule has 0 aliphatic heterocycles. The molecule has 0 radical (unpaired) electrons. The molecular formula is C20H25ClO2. The summed E-state index contributed by atoms with van der Waals surface area (Å²) in [6.07, 6.45) is 6.29. The molecule has 0 aliphatic carbocycles. The smallest absolute Gasteiger partial charge is 0.142 e. The topological polar surface area (TPSA) is 40.5 Å². The maximum absolute atomic E-state index is 10.3. The second-order valence-electron chi connectivity index (χ2n) is 6.03. The second-order valence-corrected chi connectivity index (χ2v) is 6.44. The Morgan fingerprint density at radius 1 is 0.826 bits per heavy atom. The lowest BCUT2D eigenvalue weighted by atomic mass is 9.96. The normalized spacial score (nSPS) is 10.9. The SMILES string of the molecule is CCCCc1ccc(O)c(-c2cc(CCCC)cc(Cl)c2O)c1. The molecule has 124 valence electrons. The van der Waals surface area contributed by atoms with E-state index < -0.39 is 0 Å². The molecule has 2 nitrogen and oxygen atoms in total. The zero-order valence-electron chi connectivity index (χ0n) is 13.9. The Balaban J connectivity index is 2.45. The Labute approximate surface area is 143 Å². The molecule has 3 heteroatoms. The summed E-state index contributed by atoms with van der Waals surface area (Å²) in [7, 11) is 0. The van der Waals surface area contributed by atoms with Gasteiger partial charge in [-0.05, 0) is 61.1 Å². The predicted octanol–water partition coefficient (Wildman–Crippen LogP) is 6.10. The molecular weight excluding hydrogens is 308 g/mol. The van der Waals surface area contributed by atoms with Crippen molar-refractivity contribution in [2.45, 2.75) is 52.4 Å². The van der Waals surface area contributed by atoms with Crippen molar-refractivity contribution in [3.05, 3.63) is 46.5 Å².